The van der Waals surface area contributed by atoms with Crippen LogP contribution < -0.4 is 5.32 Å². The first-order valence-corrected chi connectivity index (χ1v) is 11.8. The standard InChI is InChI=1S/C21H32N2O2S/c1-3-23(4-2)26(24,25)17-10-8-15(9-11-17)14-22-21-13-16-12-20(21)19-7-5-6-18(16)19/h8-11,16,18-22H,3-7,12-14H2,1-2H3/t16-,18-,19+,20+,21-/m1/s1. The highest BCUT2D eigenvalue weighted by Gasteiger charge is 2.53. The number of hydrogen-bond acceptors (Lipinski definition) is 3. The molecule has 0 aliphatic heterocycles. The Kier molecular flexibility index (Phi) is 5.15. The van der Waals surface area contributed by atoms with Gasteiger partial charge in [-0.3, -0.25) is 0 Å². The van der Waals surface area contributed by atoms with E-state index < -0.39 is 10.0 Å². The van der Waals surface area contributed by atoms with Crippen molar-refractivity contribution in [2.75, 3.05) is 13.1 Å². The predicted molar refractivity (Wildman–Crippen MR) is 104 cm³/mol. The number of nitrogens with one attached hydrogen (secondary N) is 1. The van der Waals surface area contributed by atoms with Gasteiger partial charge in [0.05, 0.1) is 4.90 Å². The fourth-order valence-electron chi connectivity index (χ4n) is 6.04. The summed E-state index contributed by atoms with van der Waals surface area (Å²) in [5.41, 5.74) is 1.18. The molecular weight excluding hydrogens is 344 g/mol. The van der Waals surface area contributed by atoms with Crippen LogP contribution in [-0.2, 0) is 16.6 Å². The lowest BCUT2D eigenvalue weighted by atomic mass is 9.79. The Bertz CT molecular complexity index is 727. The molecule has 4 rings (SSSR count). The van der Waals surface area contributed by atoms with Crippen LogP contribution in [0, 0.1) is 23.7 Å². The van der Waals surface area contributed by atoms with E-state index in [2.05, 4.69) is 5.32 Å². The van der Waals surface area contributed by atoms with E-state index in [1.54, 1.807) is 12.1 Å². The quantitative estimate of drug-likeness (QED) is 0.790. The number of sulfonamides is 1. The van der Waals surface area contributed by atoms with Crippen molar-refractivity contribution >= 4 is 10.0 Å². The fraction of sp³-hybridized carbons (Fsp3) is 0.714. The van der Waals surface area contributed by atoms with Crippen molar-refractivity contribution in [2.45, 2.75) is 63.4 Å². The molecule has 0 heterocycles. The molecule has 0 unspecified atom stereocenters. The third-order valence-electron chi connectivity index (χ3n) is 7.26. The third kappa shape index (κ3) is 3.12. The average Bonchev–Trinajstić information content (AvgIpc) is 3.34. The zero-order valence-corrected chi connectivity index (χ0v) is 16.8. The Hall–Kier alpha value is -0.910. The molecular formula is C21H32N2O2S. The van der Waals surface area contributed by atoms with Crippen LogP contribution in [0.25, 0.3) is 0 Å². The van der Waals surface area contributed by atoms with Gasteiger partial charge in [-0.1, -0.05) is 32.4 Å². The largest absolute Gasteiger partial charge is 0.310 e. The second-order valence-corrected chi connectivity index (χ2v) is 10.3. The average molecular weight is 377 g/mol. The van der Waals surface area contributed by atoms with Gasteiger partial charge >= 0.3 is 0 Å². The SMILES string of the molecule is CCN(CC)S(=O)(=O)c1ccc(CN[C@@H]2C[C@H]3C[C@H]2[C@H]2CCC[C@H]32)cc1. The summed E-state index contributed by atoms with van der Waals surface area (Å²) in [5, 5.41) is 3.79. The molecule has 0 aromatic heterocycles. The number of hydrogen-bond donors (Lipinski definition) is 1. The van der Waals surface area contributed by atoms with Crippen LogP contribution in [0.3, 0.4) is 0 Å². The van der Waals surface area contributed by atoms with E-state index >= 15 is 0 Å². The van der Waals surface area contributed by atoms with Gasteiger partial charge in [0.25, 0.3) is 0 Å². The first-order chi connectivity index (χ1) is 12.5. The van der Waals surface area contributed by atoms with Crippen molar-refractivity contribution in [1.29, 1.82) is 0 Å². The van der Waals surface area contributed by atoms with Gasteiger partial charge in [0.2, 0.25) is 10.0 Å². The van der Waals surface area contributed by atoms with Crippen LogP contribution in [0.1, 0.15) is 51.5 Å². The van der Waals surface area contributed by atoms with Crippen LogP contribution >= 0.6 is 0 Å². The van der Waals surface area contributed by atoms with Crippen LogP contribution in [0.5, 0.6) is 0 Å². The van der Waals surface area contributed by atoms with Gasteiger partial charge in [0, 0.05) is 25.7 Å². The summed E-state index contributed by atoms with van der Waals surface area (Å²) in [6.45, 7) is 5.62. The van der Waals surface area contributed by atoms with Gasteiger partial charge in [-0.25, -0.2) is 8.42 Å². The van der Waals surface area contributed by atoms with Crippen molar-refractivity contribution in [1.82, 2.24) is 9.62 Å². The molecule has 1 N–H and O–H groups in total. The van der Waals surface area contributed by atoms with Gasteiger partial charge in [-0.2, -0.15) is 4.31 Å². The highest BCUT2D eigenvalue weighted by atomic mass is 32.2. The molecule has 1 aromatic carbocycles. The smallest absolute Gasteiger partial charge is 0.243 e. The highest BCUT2D eigenvalue weighted by Crippen LogP contribution is 2.58. The Morgan fingerprint density at radius 1 is 1.00 bits per heavy atom. The monoisotopic (exact) mass is 376 g/mol. The summed E-state index contributed by atoms with van der Waals surface area (Å²) in [7, 11) is -3.35. The lowest BCUT2D eigenvalue weighted by molar-refractivity contribution is 0.208. The molecule has 0 radical (unpaired) electrons. The van der Waals surface area contributed by atoms with E-state index in [0.717, 1.165) is 30.2 Å². The molecule has 3 saturated carbocycles. The lowest BCUT2D eigenvalue weighted by Gasteiger charge is -2.32. The topological polar surface area (TPSA) is 49.4 Å². The third-order valence-corrected chi connectivity index (χ3v) is 9.33. The maximum absolute atomic E-state index is 12.6. The van der Waals surface area contributed by atoms with Gasteiger partial charge in [0.1, 0.15) is 0 Å². The van der Waals surface area contributed by atoms with Crippen LogP contribution in [0.15, 0.2) is 29.2 Å². The molecule has 1 aromatic rings. The maximum Gasteiger partial charge on any atom is 0.243 e. The van der Waals surface area contributed by atoms with E-state index in [1.165, 1.54) is 42.0 Å². The second-order valence-electron chi connectivity index (χ2n) is 8.37. The van der Waals surface area contributed by atoms with Gasteiger partial charge in [-0.05, 0) is 67.1 Å². The fourth-order valence-corrected chi connectivity index (χ4v) is 7.50. The van der Waals surface area contributed by atoms with Crippen molar-refractivity contribution < 1.29 is 8.42 Å². The molecule has 0 saturated heterocycles. The summed E-state index contributed by atoms with van der Waals surface area (Å²) < 4.78 is 26.7. The van der Waals surface area contributed by atoms with Crippen LogP contribution in [0.2, 0.25) is 0 Å². The number of fused-ring (bicyclic) bond motifs is 5. The van der Waals surface area contributed by atoms with E-state index in [-0.39, 0.29) is 0 Å². The molecule has 4 nitrogen and oxygen atoms in total. The van der Waals surface area contributed by atoms with E-state index in [1.807, 2.05) is 26.0 Å². The van der Waals surface area contributed by atoms with Gasteiger partial charge in [-0.15, -0.1) is 0 Å². The Balaban J connectivity index is 1.37. The number of benzene rings is 1. The minimum atomic E-state index is -3.35. The Labute approximate surface area is 158 Å². The minimum Gasteiger partial charge on any atom is -0.310 e. The number of nitrogens with zero attached hydrogens (tertiary/aromatic N) is 1. The molecule has 144 valence electrons. The Morgan fingerprint density at radius 2 is 1.69 bits per heavy atom. The van der Waals surface area contributed by atoms with Crippen molar-refractivity contribution in [3.63, 3.8) is 0 Å². The van der Waals surface area contributed by atoms with Crippen LogP contribution in [0.4, 0.5) is 0 Å². The second kappa shape index (κ2) is 7.25. The summed E-state index contributed by atoms with van der Waals surface area (Å²) in [6.07, 6.45) is 7.15. The molecule has 0 spiro atoms. The zero-order valence-electron chi connectivity index (χ0n) is 16.0. The predicted octanol–water partition coefficient (Wildman–Crippen LogP) is 3.63. The lowest BCUT2D eigenvalue weighted by Crippen LogP contribution is -2.38. The van der Waals surface area contributed by atoms with E-state index in [4.69, 9.17) is 0 Å². The molecule has 3 fully saturated rings. The van der Waals surface area contributed by atoms with Gasteiger partial charge in [0.15, 0.2) is 0 Å². The summed E-state index contributed by atoms with van der Waals surface area (Å²) in [4.78, 5) is 0.402. The summed E-state index contributed by atoms with van der Waals surface area (Å²) >= 11 is 0. The van der Waals surface area contributed by atoms with E-state index in [0.29, 0.717) is 24.0 Å². The molecule has 3 aliphatic carbocycles. The van der Waals surface area contributed by atoms with Crippen LogP contribution in [-0.4, -0.2) is 31.9 Å². The molecule has 0 amide bonds. The molecule has 2 bridgehead atoms. The Morgan fingerprint density at radius 3 is 2.38 bits per heavy atom. The normalized spacial score (nSPS) is 33.1. The van der Waals surface area contributed by atoms with E-state index in [9.17, 15) is 8.42 Å². The van der Waals surface area contributed by atoms with Gasteiger partial charge < -0.3 is 5.32 Å². The molecule has 5 heteroatoms. The molecule has 3 aliphatic rings. The summed E-state index contributed by atoms with van der Waals surface area (Å²) in [5.74, 6) is 3.86. The van der Waals surface area contributed by atoms with Crippen molar-refractivity contribution in [3.8, 4) is 0 Å². The van der Waals surface area contributed by atoms with Crippen molar-refractivity contribution in [3.05, 3.63) is 29.8 Å². The number of rotatable bonds is 7. The zero-order chi connectivity index (χ0) is 18.3. The highest BCUT2D eigenvalue weighted by molar-refractivity contribution is 7.89. The first kappa shape index (κ1) is 18.5. The minimum absolute atomic E-state index is 0.402. The maximum atomic E-state index is 12.6. The molecule has 26 heavy (non-hydrogen) atoms. The first-order valence-electron chi connectivity index (χ1n) is 10.4. The van der Waals surface area contributed by atoms with Crippen molar-refractivity contribution in [2.24, 2.45) is 23.7 Å². The molecule has 5 atom stereocenters. The summed E-state index contributed by atoms with van der Waals surface area (Å²) in [6, 6.07) is 8.12.